The molecule has 4 rings (SSSR count). The third-order valence-electron chi connectivity index (χ3n) is 4.28. The fourth-order valence-electron chi connectivity index (χ4n) is 2.85. The molecule has 3 aromatic heterocycles. The van der Waals surface area contributed by atoms with Crippen molar-refractivity contribution in [3.05, 3.63) is 66.7 Å². The monoisotopic (exact) mass is 418 g/mol. The van der Waals surface area contributed by atoms with E-state index >= 15 is 0 Å². The van der Waals surface area contributed by atoms with Gasteiger partial charge in [-0.05, 0) is 42.0 Å². The molecule has 0 unspecified atom stereocenters. The van der Waals surface area contributed by atoms with Crippen molar-refractivity contribution in [3.63, 3.8) is 0 Å². The van der Waals surface area contributed by atoms with E-state index in [4.69, 9.17) is 10.00 Å². The van der Waals surface area contributed by atoms with Gasteiger partial charge in [0.1, 0.15) is 11.8 Å². The van der Waals surface area contributed by atoms with Crippen LogP contribution in [0.5, 0.6) is 5.88 Å². The SMILES string of the molecule is COc1ncc(-c2ccc3nnc(C#N)cc3c2)cc1NS(=O)(=O)c1ccncc1. The zero-order chi connectivity index (χ0) is 21.1. The van der Waals surface area contributed by atoms with Crippen LogP contribution in [-0.2, 0) is 10.0 Å². The van der Waals surface area contributed by atoms with Crippen LogP contribution in [0.4, 0.5) is 5.69 Å². The zero-order valence-electron chi connectivity index (χ0n) is 15.6. The Bertz CT molecular complexity index is 1390. The predicted molar refractivity (Wildman–Crippen MR) is 109 cm³/mol. The van der Waals surface area contributed by atoms with Crippen molar-refractivity contribution in [1.29, 1.82) is 5.26 Å². The Morgan fingerprint density at radius 2 is 1.83 bits per heavy atom. The molecule has 0 saturated carbocycles. The van der Waals surface area contributed by atoms with Gasteiger partial charge in [0, 0.05) is 29.5 Å². The smallest absolute Gasteiger partial charge is 0.262 e. The summed E-state index contributed by atoms with van der Waals surface area (Å²) < 4.78 is 33.1. The summed E-state index contributed by atoms with van der Waals surface area (Å²) in [5, 5.41) is 17.6. The van der Waals surface area contributed by atoms with E-state index in [1.165, 1.54) is 31.6 Å². The van der Waals surface area contributed by atoms with Gasteiger partial charge in [-0.15, -0.1) is 10.2 Å². The lowest BCUT2D eigenvalue weighted by Crippen LogP contribution is -2.14. The molecule has 30 heavy (non-hydrogen) atoms. The highest BCUT2D eigenvalue weighted by atomic mass is 32.2. The molecule has 1 N–H and O–H groups in total. The maximum Gasteiger partial charge on any atom is 0.262 e. The molecule has 3 heterocycles. The fraction of sp³-hybridized carbons (Fsp3) is 0.0500. The van der Waals surface area contributed by atoms with Gasteiger partial charge in [0.05, 0.1) is 17.5 Å². The minimum atomic E-state index is -3.85. The van der Waals surface area contributed by atoms with E-state index in [2.05, 4.69) is 24.9 Å². The van der Waals surface area contributed by atoms with E-state index in [0.717, 1.165) is 10.9 Å². The summed E-state index contributed by atoms with van der Waals surface area (Å²) in [5.74, 6) is 0.134. The van der Waals surface area contributed by atoms with Crippen LogP contribution in [0.3, 0.4) is 0 Å². The largest absolute Gasteiger partial charge is 0.480 e. The maximum atomic E-state index is 12.7. The van der Waals surface area contributed by atoms with Gasteiger partial charge in [-0.2, -0.15) is 5.26 Å². The third kappa shape index (κ3) is 3.74. The van der Waals surface area contributed by atoms with E-state index in [9.17, 15) is 8.42 Å². The van der Waals surface area contributed by atoms with E-state index in [1.54, 1.807) is 24.4 Å². The molecule has 4 aromatic rings. The Morgan fingerprint density at radius 3 is 2.57 bits per heavy atom. The summed E-state index contributed by atoms with van der Waals surface area (Å²) in [5.41, 5.74) is 2.45. The highest BCUT2D eigenvalue weighted by Gasteiger charge is 2.18. The zero-order valence-corrected chi connectivity index (χ0v) is 16.5. The Balaban J connectivity index is 1.76. The van der Waals surface area contributed by atoms with Crippen molar-refractivity contribution in [2.75, 3.05) is 11.8 Å². The van der Waals surface area contributed by atoms with Gasteiger partial charge in [-0.25, -0.2) is 13.4 Å². The molecule has 148 valence electrons. The molecular formula is C20H14N6O3S. The van der Waals surface area contributed by atoms with Crippen LogP contribution in [0.2, 0.25) is 0 Å². The van der Waals surface area contributed by atoms with Gasteiger partial charge in [-0.1, -0.05) is 6.07 Å². The second-order valence-electron chi connectivity index (χ2n) is 6.18. The number of nitriles is 1. The number of benzene rings is 1. The lowest BCUT2D eigenvalue weighted by molar-refractivity contribution is 0.400. The second-order valence-corrected chi connectivity index (χ2v) is 7.87. The highest BCUT2D eigenvalue weighted by molar-refractivity contribution is 7.92. The summed E-state index contributed by atoms with van der Waals surface area (Å²) >= 11 is 0. The number of pyridine rings is 2. The molecule has 9 nitrogen and oxygen atoms in total. The highest BCUT2D eigenvalue weighted by Crippen LogP contribution is 2.31. The Kier molecular flexibility index (Phi) is 4.95. The number of aromatic nitrogens is 4. The summed E-state index contributed by atoms with van der Waals surface area (Å²) in [6.45, 7) is 0. The van der Waals surface area contributed by atoms with Crippen molar-refractivity contribution >= 4 is 26.6 Å². The average Bonchev–Trinajstić information content (AvgIpc) is 2.78. The number of sulfonamides is 1. The minimum absolute atomic E-state index is 0.0678. The number of nitrogens with zero attached hydrogens (tertiary/aromatic N) is 5. The first-order chi connectivity index (χ1) is 14.5. The first-order valence-corrected chi connectivity index (χ1v) is 10.1. The second kappa shape index (κ2) is 7.73. The molecule has 0 radical (unpaired) electrons. The molecule has 1 aromatic carbocycles. The van der Waals surface area contributed by atoms with Gasteiger partial charge in [0.15, 0.2) is 5.69 Å². The standard InChI is InChI=1S/C20H14N6O3S/c1-29-20-19(26-30(27,28)17-4-6-22-7-5-17)10-15(12-23-20)13-2-3-18-14(8-13)9-16(11-21)24-25-18/h2-10,12,26H,1H3. The van der Waals surface area contributed by atoms with E-state index in [0.29, 0.717) is 11.1 Å². The molecule has 0 spiro atoms. The van der Waals surface area contributed by atoms with Crippen molar-refractivity contribution in [2.45, 2.75) is 4.90 Å². The van der Waals surface area contributed by atoms with Crippen LogP contribution in [0.15, 0.2) is 66.0 Å². The number of nitrogens with one attached hydrogen (secondary N) is 1. The number of methoxy groups -OCH3 is 1. The Hall–Kier alpha value is -4.10. The molecular weight excluding hydrogens is 404 g/mol. The van der Waals surface area contributed by atoms with Crippen LogP contribution < -0.4 is 9.46 Å². The van der Waals surface area contributed by atoms with Gasteiger partial charge >= 0.3 is 0 Å². The average molecular weight is 418 g/mol. The summed E-state index contributed by atoms with van der Waals surface area (Å²) in [6.07, 6.45) is 4.37. The van der Waals surface area contributed by atoms with Crippen LogP contribution in [0, 0.1) is 11.3 Å². The quantitative estimate of drug-likeness (QED) is 0.523. The molecule has 0 saturated heterocycles. The maximum absolute atomic E-state index is 12.7. The first kappa shape index (κ1) is 19.2. The van der Waals surface area contributed by atoms with Gasteiger partial charge in [0.25, 0.3) is 10.0 Å². The molecule has 10 heteroatoms. The minimum Gasteiger partial charge on any atom is -0.480 e. The van der Waals surface area contributed by atoms with E-state index in [1.807, 2.05) is 18.2 Å². The summed E-state index contributed by atoms with van der Waals surface area (Å²) in [7, 11) is -2.45. The Labute approximate surface area is 172 Å². The summed E-state index contributed by atoms with van der Waals surface area (Å²) in [6, 6.07) is 13.4. The van der Waals surface area contributed by atoms with E-state index in [-0.39, 0.29) is 22.2 Å². The first-order valence-electron chi connectivity index (χ1n) is 8.65. The predicted octanol–water partition coefficient (Wildman–Crippen LogP) is 2.77. The van der Waals surface area contributed by atoms with Gasteiger partial charge < -0.3 is 4.74 Å². The molecule has 0 aliphatic heterocycles. The molecule has 0 fully saturated rings. The summed E-state index contributed by atoms with van der Waals surface area (Å²) in [4.78, 5) is 8.12. The van der Waals surface area contributed by atoms with Crippen molar-refractivity contribution < 1.29 is 13.2 Å². The molecule has 0 amide bonds. The number of anilines is 1. The molecule has 0 aliphatic rings. The topological polar surface area (TPSA) is 131 Å². The van der Waals surface area contributed by atoms with Crippen molar-refractivity contribution in [3.8, 4) is 23.1 Å². The van der Waals surface area contributed by atoms with Crippen molar-refractivity contribution in [1.82, 2.24) is 20.2 Å². The lowest BCUT2D eigenvalue weighted by Gasteiger charge is -2.13. The number of hydrogen-bond acceptors (Lipinski definition) is 8. The van der Waals surface area contributed by atoms with Crippen LogP contribution in [0.1, 0.15) is 5.69 Å². The van der Waals surface area contributed by atoms with Crippen LogP contribution in [0.25, 0.3) is 22.0 Å². The Morgan fingerprint density at radius 1 is 1.03 bits per heavy atom. The van der Waals surface area contributed by atoms with E-state index < -0.39 is 10.0 Å². The van der Waals surface area contributed by atoms with Gasteiger partial charge in [-0.3, -0.25) is 9.71 Å². The number of hydrogen-bond donors (Lipinski definition) is 1. The molecule has 0 atom stereocenters. The number of rotatable bonds is 5. The number of fused-ring (bicyclic) bond motifs is 1. The molecule has 0 aliphatic carbocycles. The van der Waals surface area contributed by atoms with Crippen LogP contribution >= 0.6 is 0 Å². The van der Waals surface area contributed by atoms with Gasteiger partial charge in [0.2, 0.25) is 5.88 Å². The lowest BCUT2D eigenvalue weighted by atomic mass is 10.0. The third-order valence-corrected chi connectivity index (χ3v) is 5.66. The fourth-order valence-corrected chi connectivity index (χ4v) is 3.88. The number of ether oxygens (including phenoxy) is 1. The van der Waals surface area contributed by atoms with Crippen LogP contribution in [-0.4, -0.2) is 35.7 Å². The molecule has 0 bridgehead atoms. The van der Waals surface area contributed by atoms with Crippen molar-refractivity contribution in [2.24, 2.45) is 0 Å². The normalized spacial score (nSPS) is 11.1.